The normalized spacial score (nSPS) is 24.4. The van der Waals surface area contributed by atoms with Crippen molar-refractivity contribution in [1.82, 2.24) is 4.72 Å². The molecule has 0 spiro atoms. The summed E-state index contributed by atoms with van der Waals surface area (Å²) < 4.78 is 42.8. The third-order valence-electron chi connectivity index (χ3n) is 3.34. The fraction of sp³-hybridized carbons (Fsp3) is 0.529. The molecule has 0 aliphatic carbocycles. The Balaban J connectivity index is 1.96. The van der Waals surface area contributed by atoms with Gasteiger partial charge in [0.25, 0.3) is 0 Å². The Morgan fingerprint density at radius 1 is 1.21 bits per heavy atom. The second-order valence-electron chi connectivity index (χ2n) is 6.03. The van der Waals surface area contributed by atoms with E-state index in [0.29, 0.717) is 6.61 Å². The zero-order valence-electron chi connectivity index (χ0n) is 14.2. The first-order valence-corrected chi connectivity index (χ1v) is 9.81. The third-order valence-corrected chi connectivity index (χ3v) is 4.04. The molecule has 1 aromatic carbocycles. The molecule has 1 aliphatic rings. The van der Waals surface area contributed by atoms with Crippen LogP contribution in [0, 0.1) is 0 Å². The molecule has 2 rings (SSSR count). The number of ether oxygens (including phenoxy) is 3. The maximum atomic E-state index is 11.5. The van der Waals surface area contributed by atoms with E-state index in [-0.39, 0.29) is 12.7 Å². The molecule has 0 amide bonds. The van der Waals surface area contributed by atoms with Crippen molar-refractivity contribution in [2.24, 2.45) is 0 Å². The molecule has 1 heterocycles. The van der Waals surface area contributed by atoms with E-state index in [4.69, 9.17) is 14.2 Å². The highest BCUT2D eigenvalue weighted by Crippen LogP contribution is 2.17. The summed E-state index contributed by atoms with van der Waals surface area (Å²) in [5, 5.41) is 0. The molecule has 1 aliphatic heterocycles. The number of benzene rings is 1. The lowest BCUT2D eigenvalue weighted by Gasteiger charge is -2.32. The van der Waals surface area contributed by atoms with E-state index < -0.39 is 28.5 Å². The van der Waals surface area contributed by atoms with Gasteiger partial charge in [0.15, 0.2) is 6.29 Å². The van der Waals surface area contributed by atoms with Gasteiger partial charge in [-0.05, 0) is 25.5 Å². The summed E-state index contributed by atoms with van der Waals surface area (Å²) in [4.78, 5) is 0. The van der Waals surface area contributed by atoms with Crippen LogP contribution in [-0.2, 0) is 30.8 Å². The highest BCUT2D eigenvalue weighted by Gasteiger charge is 2.30. The predicted molar refractivity (Wildman–Crippen MR) is 91.9 cm³/mol. The zero-order chi connectivity index (χ0) is 17.6. The van der Waals surface area contributed by atoms with Gasteiger partial charge in [-0.2, -0.15) is 0 Å². The molecule has 0 aromatic heterocycles. The molecule has 0 radical (unpaired) electrons. The number of hydrogen-bond acceptors (Lipinski definition) is 5. The van der Waals surface area contributed by atoms with Crippen molar-refractivity contribution in [1.29, 1.82) is 0 Å². The molecule has 3 atom stereocenters. The third kappa shape index (κ3) is 6.70. The van der Waals surface area contributed by atoms with Crippen LogP contribution < -0.4 is 4.72 Å². The van der Waals surface area contributed by atoms with E-state index in [9.17, 15) is 8.42 Å². The minimum Gasteiger partial charge on any atom is -0.374 e. The van der Waals surface area contributed by atoms with Crippen LogP contribution in [0.4, 0.5) is 0 Å². The van der Waals surface area contributed by atoms with Gasteiger partial charge >= 0.3 is 0 Å². The summed E-state index contributed by atoms with van der Waals surface area (Å²) in [7, 11) is -3.35. The van der Waals surface area contributed by atoms with Crippen LogP contribution in [0.15, 0.2) is 42.5 Å². The number of sulfonamides is 1. The summed E-state index contributed by atoms with van der Waals surface area (Å²) in [6.07, 6.45) is 3.64. The van der Waals surface area contributed by atoms with Gasteiger partial charge in [0.1, 0.15) is 6.10 Å². The average molecular weight is 355 g/mol. The monoisotopic (exact) mass is 355 g/mol. The summed E-state index contributed by atoms with van der Waals surface area (Å²) in [5.74, 6) is 0. The van der Waals surface area contributed by atoms with E-state index in [0.717, 1.165) is 11.8 Å². The Hall–Kier alpha value is -1.25. The molecule has 0 fully saturated rings. The molecule has 1 aromatic rings. The topological polar surface area (TPSA) is 73.9 Å². The van der Waals surface area contributed by atoms with E-state index in [1.807, 2.05) is 44.2 Å². The minimum absolute atomic E-state index is 0.00459. The van der Waals surface area contributed by atoms with Gasteiger partial charge in [-0.25, -0.2) is 13.1 Å². The Morgan fingerprint density at radius 3 is 2.54 bits per heavy atom. The Bertz CT molecular complexity index is 630. The highest BCUT2D eigenvalue weighted by molar-refractivity contribution is 7.88. The van der Waals surface area contributed by atoms with Crippen molar-refractivity contribution in [3.05, 3.63) is 48.0 Å². The van der Waals surface area contributed by atoms with E-state index >= 15 is 0 Å². The molecule has 134 valence electrons. The summed E-state index contributed by atoms with van der Waals surface area (Å²) in [6.45, 7) is 4.52. The van der Waals surface area contributed by atoms with Crippen LogP contribution in [0.1, 0.15) is 19.4 Å². The van der Waals surface area contributed by atoms with E-state index in [1.54, 1.807) is 12.2 Å². The lowest BCUT2D eigenvalue weighted by Crippen LogP contribution is -2.49. The van der Waals surface area contributed by atoms with Crippen LogP contribution in [0.5, 0.6) is 0 Å². The van der Waals surface area contributed by atoms with Crippen LogP contribution in [0.2, 0.25) is 0 Å². The van der Waals surface area contributed by atoms with Gasteiger partial charge in [0.05, 0.1) is 31.6 Å². The molecule has 1 N–H and O–H groups in total. The van der Waals surface area contributed by atoms with Crippen molar-refractivity contribution in [3.63, 3.8) is 0 Å². The molecule has 24 heavy (non-hydrogen) atoms. The van der Waals surface area contributed by atoms with Gasteiger partial charge < -0.3 is 14.2 Å². The number of rotatable bonds is 8. The largest absolute Gasteiger partial charge is 0.374 e. The first-order chi connectivity index (χ1) is 11.3. The van der Waals surface area contributed by atoms with Crippen molar-refractivity contribution >= 4 is 10.0 Å². The second kappa shape index (κ2) is 8.73. The lowest BCUT2D eigenvalue weighted by molar-refractivity contribution is -0.182. The van der Waals surface area contributed by atoms with Gasteiger partial charge in [-0.3, -0.25) is 0 Å². The lowest BCUT2D eigenvalue weighted by atomic mass is 10.1. The number of nitrogens with one attached hydrogen (secondary N) is 1. The first-order valence-electron chi connectivity index (χ1n) is 7.92. The first kappa shape index (κ1) is 19.1. The van der Waals surface area contributed by atoms with Crippen molar-refractivity contribution < 1.29 is 22.6 Å². The molecule has 6 nitrogen and oxygen atoms in total. The molecule has 0 saturated heterocycles. The van der Waals surface area contributed by atoms with Gasteiger partial charge in [0.2, 0.25) is 10.0 Å². The Labute approximate surface area is 143 Å². The van der Waals surface area contributed by atoms with Crippen LogP contribution >= 0.6 is 0 Å². The molecular formula is C17H25NO5S. The fourth-order valence-corrected chi connectivity index (χ4v) is 3.08. The predicted octanol–water partition coefficient (Wildman–Crippen LogP) is 1.83. The molecule has 0 bridgehead atoms. The molecular weight excluding hydrogens is 330 g/mol. The maximum Gasteiger partial charge on any atom is 0.209 e. The standard InChI is InChI=1S/C17H25NO5S/c1-13(2)22-17-10-9-15(18-24(3,19)20)16(23-17)12-21-11-14-7-5-4-6-8-14/h4-10,13,15-18H,11-12H2,1-3H3/t15-,16-,17-/m1/s1. The van der Waals surface area contributed by atoms with Gasteiger partial charge in [0, 0.05) is 0 Å². The quantitative estimate of drug-likeness (QED) is 0.720. The van der Waals surface area contributed by atoms with Crippen molar-refractivity contribution in [2.45, 2.75) is 45.0 Å². The van der Waals surface area contributed by atoms with Crippen LogP contribution in [-0.4, -0.2) is 45.8 Å². The second-order valence-corrected chi connectivity index (χ2v) is 7.81. The highest BCUT2D eigenvalue weighted by atomic mass is 32.2. The average Bonchev–Trinajstić information content (AvgIpc) is 2.49. The summed E-state index contributed by atoms with van der Waals surface area (Å²) >= 11 is 0. The molecule has 0 saturated carbocycles. The van der Waals surface area contributed by atoms with Crippen molar-refractivity contribution in [2.75, 3.05) is 12.9 Å². The fourth-order valence-electron chi connectivity index (χ4n) is 2.35. The molecule has 7 heteroatoms. The summed E-state index contributed by atoms with van der Waals surface area (Å²) in [5.41, 5.74) is 1.05. The Morgan fingerprint density at radius 2 is 1.92 bits per heavy atom. The van der Waals surface area contributed by atoms with Crippen LogP contribution in [0.25, 0.3) is 0 Å². The van der Waals surface area contributed by atoms with E-state index in [1.165, 1.54) is 0 Å². The number of hydrogen-bond donors (Lipinski definition) is 1. The summed E-state index contributed by atoms with van der Waals surface area (Å²) in [6, 6.07) is 9.29. The zero-order valence-corrected chi connectivity index (χ0v) is 15.0. The minimum atomic E-state index is -3.35. The van der Waals surface area contributed by atoms with Crippen LogP contribution in [0.3, 0.4) is 0 Å². The molecule has 0 unspecified atom stereocenters. The van der Waals surface area contributed by atoms with Gasteiger partial charge in [-0.1, -0.05) is 36.4 Å². The van der Waals surface area contributed by atoms with Gasteiger partial charge in [-0.15, -0.1) is 0 Å². The SMILES string of the molecule is CC(C)O[C@H]1C=C[C@@H](NS(C)(=O)=O)[C@@H](COCc2ccccc2)O1. The smallest absolute Gasteiger partial charge is 0.209 e. The Kier molecular flexibility index (Phi) is 6.94. The maximum absolute atomic E-state index is 11.5. The van der Waals surface area contributed by atoms with Crippen molar-refractivity contribution in [3.8, 4) is 0 Å². The van der Waals surface area contributed by atoms with E-state index in [2.05, 4.69) is 4.72 Å².